The van der Waals surface area contributed by atoms with E-state index in [9.17, 15) is 0 Å². The van der Waals surface area contributed by atoms with Crippen LogP contribution in [-0.4, -0.2) is 32.8 Å². The molecule has 0 aliphatic rings. The molecular formula is C20H41N3O4Si. The maximum atomic E-state index is 5.75. The lowest BCUT2D eigenvalue weighted by molar-refractivity contribution is -0.0303. The van der Waals surface area contributed by atoms with Crippen LogP contribution in [0.5, 0.6) is 0 Å². The van der Waals surface area contributed by atoms with E-state index in [0.29, 0.717) is 24.4 Å². The normalized spacial score (nSPS) is 16.0. The van der Waals surface area contributed by atoms with Crippen molar-refractivity contribution in [1.29, 1.82) is 0 Å². The molecule has 7 nitrogen and oxygen atoms in total. The van der Waals surface area contributed by atoms with Crippen molar-refractivity contribution in [2.75, 3.05) is 6.61 Å². The molecule has 0 aromatic heterocycles. The second kappa shape index (κ2) is 13.7. The third-order valence-electron chi connectivity index (χ3n) is 3.37. The highest BCUT2D eigenvalue weighted by Crippen LogP contribution is 2.17. The van der Waals surface area contributed by atoms with Gasteiger partial charge in [-0.2, -0.15) is 0 Å². The zero-order valence-corrected chi connectivity index (χ0v) is 20.5. The van der Waals surface area contributed by atoms with E-state index in [1.54, 1.807) is 0 Å². The first-order valence-corrected chi connectivity index (χ1v) is 11.9. The summed E-state index contributed by atoms with van der Waals surface area (Å²) < 4.78 is 22.8. The molecule has 28 heavy (non-hydrogen) atoms. The van der Waals surface area contributed by atoms with Gasteiger partial charge < -0.3 is 18.0 Å². The van der Waals surface area contributed by atoms with Gasteiger partial charge in [0.05, 0.1) is 17.1 Å². The first-order valence-electron chi connectivity index (χ1n) is 10.3. The van der Waals surface area contributed by atoms with Crippen LogP contribution in [0.3, 0.4) is 0 Å². The number of hydrogen-bond acceptors (Lipinski definition) is 7. The van der Waals surface area contributed by atoms with Crippen LogP contribution < -0.4 is 0 Å². The molecule has 0 amide bonds. The predicted octanol–water partition coefficient (Wildman–Crippen LogP) is 5.77. The minimum atomic E-state index is -3.70. The average molecular weight is 416 g/mol. The molecule has 0 radical (unpaired) electrons. The van der Waals surface area contributed by atoms with Gasteiger partial charge in [0.15, 0.2) is 0 Å². The van der Waals surface area contributed by atoms with Crippen LogP contribution in [0, 0.1) is 17.8 Å². The van der Waals surface area contributed by atoms with E-state index in [1.807, 2.05) is 27.7 Å². The Bertz CT molecular complexity index is 462. The molecule has 0 aliphatic carbocycles. The van der Waals surface area contributed by atoms with Crippen LogP contribution in [0.15, 0.2) is 15.5 Å². The number of rotatable bonds is 14. The van der Waals surface area contributed by atoms with Crippen molar-refractivity contribution in [2.45, 2.75) is 88.5 Å². The van der Waals surface area contributed by atoms with Crippen LogP contribution in [0.2, 0.25) is 0 Å². The number of oxime groups is 3. The molecule has 0 atom stereocenters. The van der Waals surface area contributed by atoms with Crippen molar-refractivity contribution in [3.05, 3.63) is 0 Å². The Kier molecular flexibility index (Phi) is 13.0. The van der Waals surface area contributed by atoms with Crippen molar-refractivity contribution in [2.24, 2.45) is 33.2 Å². The smallest absolute Gasteiger partial charge is 0.351 e. The fourth-order valence-corrected chi connectivity index (χ4v) is 4.01. The van der Waals surface area contributed by atoms with Gasteiger partial charge in [-0.15, -0.1) is 15.5 Å². The van der Waals surface area contributed by atoms with E-state index in [0.717, 1.165) is 36.4 Å². The summed E-state index contributed by atoms with van der Waals surface area (Å²) in [5.74, 6) is 1.40. The molecule has 8 heteroatoms. The first-order chi connectivity index (χ1) is 13.0. The average Bonchev–Trinajstić information content (AvgIpc) is 2.54. The Morgan fingerprint density at radius 3 is 1.14 bits per heavy atom. The quantitative estimate of drug-likeness (QED) is 0.205. The van der Waals surface area contributed by atoms with Crippen LogP contribution in [-0.2, 0) is 18.0 Å². The van der Waals surface area contributed by atoms with E-state index < -0.39 is 9.05 Å². The van der Waals surface area contributed by atoms with Gasteiger partial charge in [0.2, 0.25) is 0 Å². The first kappa shape index (κ1) is 26.6. The maximum absolute atomic E-state index is 5.75. The maximum Gasteiger partial charge on any atom is 0.957 e. The Hall–Kier alpha value is -1.41. The van der Waals surface area contributed by atoms with Gasteiger partial charge in [0.1, 0.15) is 0 Å². The molecule has 0 unspecified atom stereocenters. The van der Waals surface area contributed by atoms with E-state index in [-0.39, 0.29) is 0 Å². The van der Waals surface area contributed by atoms with E-state index >= 15 is 0 Å². The number of hydrogen-bond donors (Lipinski definition) is 0. The molecule has 0 aromatic rings. The lowest BCUT2D eigenvalue weighted by Crippen LogP contribution is -2.46. The van der Waals surface area contributed by atoms with Gasteiger partial charge in [-0.05, 0) is 64.7 Å². The molecule has 164 valence electrons. The summed E-state index contributed by atoms with van der Waals surface area (Å²) in [5.41, 5.74) is 2.51. The van der Waals surface area contributed by atoms with Crippen LogP contribution in [0.1, 0.15) is 88.5 Å². The van der Waals surface area contributed by atoms with Gasteiger partial charge >= 0.3 is 9.05 Å². The van der Waals surface area contributed by atoms with Gasteiger partial charge in [-0.3, -0.25) is 0 Å². The molecule has 0 bridgehead atoms. The summed E-state index contributed by atoms with van der Waals surface area (Å²) in [7, 11) is -3.70. The van der Waals surface area contributed by atoms with Crippen LogP contribution >= 0.6 is 0 Å². The third kappa shape index (κ3) is 12.9. The summed E-state index contributed by atoms with van der Waals surface area (Å²) in [6.07, 6.45) is 2.42. The largest absolute Gasteiger partial charge is 0.957 e. The third-order valence-corrected chi connectivity index (χ3v) is 4.96. The molecule has 0 N–H and O–H groups in total. The molecule has 0 saturated heterocycles. The van der Waals surface area contributed by atoms with Gasteiger partial charge in [-0.25, -0.2) is 0 Å². The second-order valence-electron chi connectivity index (χ2n) is 8.48. The van der Waals surface area contributed by atoms with E-state index in [2.05, 4.69) is 57.0 Å². The Morgan fingerprint density at radius 1 is 0.643 bits per heavy atom. The molecular weight excluding hydrogens is 374 g/mol. The highest BCUT2D eigenvalue weighted by molar-refractivity contribution is 6.53. The van der Waals surface area contributed by atoms with Crippen LogP contribution in [0.25, 0.3) is 0 Å². The summed E-state index contributed by atoms with van der Waals surface area (Å²) in [6, 6.07) is 0. The van der Waals surface area contributed by atoms with E-state index in [1.165, 1.54) is 0 Å². The monoisotopic (exact) mass is 415 g/mol. The van der Waals surface area contributed by atoms with Crippen molar-refractivity contribution in [1.82, 2.24) is 0 Å². The van der Waals surface area contributed by atoms with Crippen molar-refractivity contribution in [3.8, 4) is 0 Å². The standard InChI is InChI=1S/C20H41N3O4Si/c1-11-24-28(25-21-18(8)12-15(2)3,26-22-19(9)13-16(4)5)27-23-20(10)14-17(6)7/h15-17H,11-14H2,1-10H3. The zero-order chi connectivity index (χ0) is 21.7. The molecule has 0 fully saturated rings. The molecule has 0 aromatic carbocycles. The molecule has 0 saturated carbocycles. The van der Waals surface area contributed by atoms with Gasteiger partial charge in [0.25, 0.3) is 0 Å². The Balaban J connectivity index is 5.57. The summed E-state index contributed by atoms with van der Waals surface area (Å²) in [4.78, 5) is 0. The van der Waals surface area contributed by atoms with Gasteiger partial charge in [-0.1, -0.05) is 41.5 Å². The molecule has 0 heterocycles. The zero-order valence-electron chi connectivity index (χ0n) is 19.5. The van der Waals surface area contributed by atoms with Gasteiger partial charge in [0, 0.05) is 6.61 Å². The minimum Gasteiger partial charge on any atom is -0.351 e. The highest BCUT2D eigenvalue weighted by Gasteiger charge is 2.58. The Labute approximate surface area is 173 Å². The molecule has 0 aliphatic heterocycles. The van der Waals surface area contributed by atoms with E-state index in [4.69, 9.17) is 18.0 Å². The predicted molar refractivity (Wildman–Crippen MR) is 118 cm³/mol. The summed E-state index contributed by atoms with van der Waals surface area (Å²) in [5, 5.41) is 12.6. The lowest BCUT2D eigenvalue weighted by atomic mass is 10.1. The Morgan fingerprint density at radius 2 is 0.929 bits per heavy atom. The molecule has 0 rings (SSSR count). The minimum absolute atomic E-state index is 0.336. The highest BCUT2D eigenvalue weighted by atomic mass is 28.4. The second-order valence-corrected chi connectivity index (χ2v) is 10.3. The summed E-state index contributed by atoms with van der Waals surface area (Å²) in [6.45, 7) is 20.6. The van der Waals surface area contributed by atoms with Crippen LogP contribution in [0.4, 0.5) is 0 Å². The summed E-state index contributed by atoms with van der Waals surface area (Å²) >= 11 is 0. The number of nitrogens with zero attached hydrogens (tertiary/aromatic N) is 3. The topological polar surface area (TPSA) is 74.0 Å². The van der Waals surface area contributed by atoms with Crippen molar-refractivity contribution in [3.63, 3.8) is 0 Å². The fourth-order valence-electron chi connectivity index (χ4n) is 2.59. The SMILES string of the molecule is CCO[Si](ON=C(C)CC(C)C)(ON=C(C)CC(C)C)ON=C(C)CC(C)C. The fraction of sp³-hybridized carbons (Fsp3) is 0.850. The lowest BCUT2D eigenvalue weighted by Gasteiger charge is -2.20. The molecule has 0 spiro atoms. The van der Waals surface area contributed by atoms with Crippen molar-refractivity contribution < 1.29 is 18.0 Å². The van der Waals surface area contributed by atoms with Crippen molar-refractivity contribution >= 4 is 26.2 Å².